The van der Waals surface area contributed by atoms with E-state index in [1.54, 1.807) is 20.3 Å². The third kappa shape index (κ3) is 3.03. The summed E-state index contributed by atoms with van der Waals surface area (Å²) in [5, 5.41) is 0.570. The fraction of sp³-hybridized carbons (Fsp3) is 0.500. The van der Waals surface area contributed by atoms with Crippen molar-refractivity contribution in [2.75, 3.05) is 14.2 Å². The van der Waals surface area contributed by atoms with Gasteiger partial charge in [-0.3, -0.25) is 0 Å². The number of rotatable bonds is 4. The largest absolute Gasteiger partial charge is 0.496 e. The zero-order chi connectivity index (χ0) is 12.3. The molecule has 1 rings (SSSR count). The third-order valence-electron chi connectivity index (χ3n) is 2.24. The van der Waals surface area contributed by atoms with Crippen molar-refractivity contribution in [3.05, 3.63) is 22.7 Å². The molecule has 0 saturated carbocycles. The van der Waals surface area contributed by atoms with Crippen molar-refractivity contribution in [3.63, 3.8) is 0 Å². The number of hydrogen-bond donors (Lipinski definition) is 1. The van der Waals surface area contributed by atoms with Gasteiger partial charge in [0.05, 0.1) is 19.2 Å². The van der Waals surface area contributed by atoms with Crippen molar-refractivity contribution in [2.24, 2.45) is 5.73 Å². The first kappa shape index (κ1) is 13.1. The Hall–Kier alpha value is -0.930. The monoisotopic (exact) mass is 243 g/mol. The number of benzene rings is 1. The Morgan fingerprint density at radius 1 is 1.19 bits per heavy atom. The lowest BCUT2D eigenvalue weighted by atomic mass is 9.95. The predicted molar refractivity (Wildman–Crippen MR) is 66.5 cm³/mol. The molecule has 0 aromatic heterocycles. The quantitative estimate of drug-likeness (QED) is 0.884. The fourth-order valence-electron chi connectivity index (χ4n) is 1.55. The molecular formula is C12H18ClNO2. The summed E-state index contributed by atoms with van der Waals surface area (Å²) >= 11 is 6.24. The molecule has 90 valence electrons. The van der Waals surface area contributed by atoms with E-state index >= 15 is 0 Å². The summed E-state index contributed by atoms with van der Waals surface area (Å²) < 4.78 is 10.4. The maximum atomic E-state index is 6.24. The molecule has 0 aliphatic carbocycles. The van der Waals surface area contributed by atoms with Crippen LogP contribution in [0.15, 0.2) is 12.1 Å². The summed E-state index contributed by atoms with van der Waals surface area (Å²) in [5.74, 6) is 1.38. The van der Waals surface area contributed by atoms with E-state index < -0.39 is 0 Å². The average Bonchev–Trinajstić information content (AvgIpc) is 2.19. The standard InChI is InChI=1S/C12H18ClNO2/c1-12(2,14)7-8-9(15-3)5-6-10(16-4)11(8)13/h5-6H,7,14H2,1-4H3. The van der Waals surface area contributed by atoms with Gasteiger partial charge in [-0.05, 0) is 32.4 Å². The molecule has 1 aromatic carbocycles. The van der Waals surface area contributed by atoms with Crippen molar-refractivity contribution in [1.29, 1.82) is 0 Å². The van der Waals surface area contributed by atoms with Crippen LogP contribution in [0.25, 0.3) is 0 Å². The van der Waals surface area contributed by atoms with E-state index in [2.05, 4.69) is 0 Å². The van der Waals surface area contributed by atoms with Gasteiger partial charge in [0.15, 0.2) is 0 Å². The zero-order valence-electron chi connectivity index (χ0n) is 10.1. The summed E-state index contributed by atoms with van der Waals surface area (Å²) in [7, 11) is 3.20. The summed E-state index contributed by atoms with van der Waals surface area (Å²) in [6.07, 6.45) is 0.631. The molecule has 0 radical (unpaired) electrons. The van der Waals surface area contributed by atoms with Gasteiger partial charge in [0.25, 0.3) is 0 Å². The van der Waals surface area contributed by atoms with Crippen LogP contribution >= 0.6 is 11.6 Å². The molecule has 0 bridgehead atoms. The van der Waals surface area contributed by atoms with Gasteiger partial charge in [0.1, 0.15) is 11.5 Å². The van der Waals surface area contributed by atoms with Gasteiger partial charge < -0.3 is 15.2 Å². The molecule has 2 N–H and O–H groups in total. The maximum absolute atomic E-state index is 6.24. The molecule has 0 fully saturated rings. The smallest absolute Gasteiger partial charge is 0.138 e. The Morgan fingerprint density at radius 3 is 2.12 bits per heavy atom. The summed E-state index contributed by atoms with van der Waals surface area (Å²) in [4.78, 5) is 0. The first-order valence-electron chi connectivity index (χ1n) is 5.07. The van der Waals surface area contributed by atoms with Crippen LogP contribution in [0.3, 0.4) is 0 Å². The van der Waals surface area contributed by atoms with Gasteiger partial charge >= 0.3 is 0 Å². The van der Waals surface area contributed by atoms with Crippen LogP contribution in [0.5, 0.6) is 11.5 Å². The van der Waals surface area contributed by atoms with Crippen molar-refractivity contribution < 1.29 is 9.47 Å². The molecule has 0 atom stereocenters. The first-order valence-corrected chi connectivity index (χ1v) is 5.45. The van der Waals surface area contributed by atoms with Crippen LogP contribution in [0.2, 0.25) is 5.02 Å². The Balaban J connectivity index is 3.21. The van der Waals surface area contributed by atoms with Crippen LogP contribution in [0.4, 0.5) is 0 Å². The number of hydrogen-bond acceptors (Lipinski definition) is 3. The number of nitrogens with two attached hydrogens (primary N) is 1. The second-order valence-corrected chi connectivity index (χ2v) is 4.81. The van der Waals surface area contributed by atoms with Crippen LogP contribution in [0.1, 0.15) is 19.4 Å². The van der Waals surface area contributed by atoms with Gasteiger partial charge in [0.2, 0.25) is 0 Å². The Morgan fingerprint density at radius 2 is 1.69 bits per heavy atom. The Bertz CT molecular complexity index is 372. The lowest BCUT2D eigenvalue weighted by Crippen LogP contribution is -2.34. The Labute approximate surface area is 101 Å². The number of ether oxygens (including phenoxy) is 2. The van der Waals surface area contributed by atoms with E-state index in [9.17, 15) is 0 Å². The molecule has 3 nitrogen and oxygen atoms in total. The topological polar surface area (TPSA) is 44.5 Å². The summed E-state index contributed by atoms with van der Waals surface area (Å²) in [6.45, 7) is 3.89. The normalized spacial score (nSPS) is 11.4. The zero-order valence-corrected chi connectivity index (χ0v) is 10.9. The molecule has 0 aliphatic heterocycles. The molecule has 0 amide bonds. The van der Waals surface area contributed by atoms with Crippen molar-refractivity contribution in [2.45, 2.75) is 25.8 Å². The maximum Gasteiger partial charge on any atom is 0.138 e. The number of methoxy groups -OCH3 is 2. The SMILES string of the molecule is COc1ccc(OC)c(CC(C)(C)N)c1Cl. The molecule has 1 aromatic rings. The fourth-order valence-corrected chi connectivity index (χ4v) is 1.85. The average molecular weight is 244 g/mol. The molecule has 0 saturated heterocycles. The van der Waals surface area contributed by atoms with E-state index in [4.69, 9.17) is 26.8 Å². The third-order valence-corrected chi connectivity index (χ3v) is 2.65. The second-order valence-electron chi connectivity index (χ2n) is 4.43. The van der Waals surface area contributed by atoms with Crippen molar-refractivity contribution in [1.82, 2.24) is 0 Å². The van der Waals surface area contributed by atoms with Gasteiger partial charge in [0, 0.05) is 11.1 Å². The molecule has 0 spiro atoms. The highest BCUT2D eigenvalue weighted by Crippen LogP contribution is 2.36. The minimum Gasteiger partial charge on any atom is -0.496 e. The summed E-state index contributed by atoms with van der Waals surface area (Å²) in [5.41, 5.74) is 6.54. The van der Waals surface area contributed by atoms with Crippen LogP contribution in [0, 0.1) is 0 Å². The molecule has 0 unspecified atom stereocenters. The minimum atomic E-state index is -0.344. The van der Waals surface area contributed by atoms with Gasteiger partial charge in [-0.25, -0.2) is 0 Å². The van der Waals surface area contributed by atoms with Crippen molar-refractivity contribution in [3.8, 4) is 11.5 Å². The van der Waals surface area contributed by atoms with Gasteiger partial charge in [-0.2, -0.15) is 0 Å². The minimum absolute atomic E-state index is 0.344. The highest BCUT2D eigenvalue weighted by molar-refractivity contribution is 6.33. The first-order chi connectivity index (χ1) is 7.39. The molecule has 16 heavy (non-hydrogen) atoms. The van der Waals surface area contributed by atoms with Crippen LogP contribution in [-0.4, -0.2) is 19.8 Å². The molecular weight excluding hydrogens is 226 g/mol. The molecule has 0 aliphatic rings. The summed E-state index contributed by atoms with van der Waals surface area (Å²) in [6, 6.07) is 3.62. The van der Waals surface area contributed by atoms with Crippen molar-refractivity contribution >= 4 is 11.6 Å². The lowest BCUT2D eigenvalue weighted by molar-refractivity contribution is 0.393. The van der Waals surface area contributed by atoms with Crippen LogP contribution < -0.4 is 15.2 Å². The van der Waals surface area contributed by atoms with Gasteiger partial charge in [-0.1, -0.05) is 11.6 Å². The van der Waals surface area contributed by atoms with Gasteiger partial charge in [-0.15, -0.1) is 0 Å². The molecule has 0 heterocycles. The molecule has 4 heteroatoms. The van der Waals surface area contributed by atoms with E-state index in [0.717, 1.165) is 11.3 Å². The highest BCUT2D eigenvalue weighted by Gasteiger charge is 2.20. The van der Waals surface area contributed by atoms with E-state index in [0.29, 0.717) is 17.2 Å². The predicted octanol–water partition coefficient (Wildman–Crippen LogP) is 2.64. The lowest BCUT2D eigenvalue weighted by Gasteiger charge is -2.21. The van der Waals surface area contributed by atoms with E-state index in [1.165, 1.54) is 0 Å². The Kier molecular flexibility index (Phi) is 4.05. The van der Waals surface area contributed by atoms with E-state index in [-0.39, 0.29) is 5.54 Å². The highest BCUT2D eigenvalue weighted by atomic mass is 35.5. The van der Waals surface area contributed by atoms with E-state index in [1.807, 2.05) is 19.9 Å². The van der Waals surface area contributed by atoms with Crippen LogP contribution in [-0.2, 0) is 6.42 Å². The second kappa shape index (κ2) is 4.93. The number of halogens is 1.